The van der Waals surface area contributed by atoms with Gasteiger partial charge in [-0.3, -0.25) is 4.79 Å². The summed E-state index contributed by atoms with van der Waals surface area (Å²) in [5, 5.41) is 11.4. The van der Waals surface area contributed by atoms with Crippen molar-refractivity contribution in [3.05, 3.63) is 34.9 Å². The number of carbonyl (C=O) groups is 2. The number of hydrogen-bond donors (Lipinski definition) is 2. The summed E-state index contributed by atoms with van der Waals surface area (Å²) in [5.74, 6) is -1.36. The zero-order chi connectivity index (χ0) is 12.1. The van der Waals surface area contributed by atoms with Gasteiger partial charge < -0.3 is 10.4 Å². The number of amides is 1. The first-order valence-electron chi connectivity index (χ1n) is 4.70. The molecule has 1 aromatic rings. The van der Waals surface area contributed by atoms with Gasteiger partial charge in [0, 0.05) is 6.54 Å². The molecule has 0 bridgehead atoms. The van der Waals surface area contributed by atoms with Crippen molar-refractivity contribution < 1.29 is 14.7 Å². The van der Waals surface area contributed by atoms with Crippen LogP contribution in [-0.4, -0.2) is 22.9 Å². The molecule has 0 radical (unpaired) electrons. The fraction of sp³-hybridized carbons (Fsp3) is 0.273. The SMILES string of the molecule is Cc1ccc(C(=O)O)cc1CNC(=O)CCl. The molecule has 2 N–H and O–H groups in total. The van der Waals surface area contributed by atoms with E-state index in [-0.39, 0.29) is 17.4 Å². The summed E-state index contributed by atoms with van der Waals surface area (Å²) in [4.78, 5) is 21.7. The van der Waals surface area contributed by atoms with E-state index in [4.69, 9.17) is 16.7 Å². The molecular weight excluding hydrogens is 230 g/mol. The Bertz CT molecular complexity index is 418. The molecule has 0 atom stereocenters. The van der Waals surface area contributed by atoms with E-state index >= 15 is 0 Å². The van der Waals surface area contributed by atoms with Crippen molar-refractivity contribution in [1.29, 1.82) is 0 Å². The molecule has 0 aliphatic heterocycles. The summed E-state index contributed by atoms with van der Waals surface area (Å²) in [7, 11) is 0. The van der Waals surface area contributed by atoms with Crippen molar-refractivity contribution in [2.75, 3.05) is 5.88 Å². The van der Waals surface area contributed by atoms with E-state index in [1.54, 1.807) is 12.1 Å². The molecule has 0 aliphatic rings. The zero-order valence-corrected chi connectivity index (χ0v) is 9.54. The maximum absolute atomic E-state index is 11.0. The van der Waals surface area contributed by atoms with Gasteiger partial charge in [-0.25, -0.2) is 4.79 Å². The highest BCUT2D eigenvalue weighted by Crippen LogP contribution is 2.11. The van der Waals surface area contributed by atoms with Gasteiger partial charge >= 0.3 is 5.97 Å². The summed E-state index contributed by atoms with van der Waals surface area (Å²) in [6.45, 7) is 2.15. The van der Waals surface area contributed by atoms with E-state index in [9.17, 15) is 9.59 Å². The Kier molecular flexibility index (Phi) is 4.31. The highest BCUT2D eigenvalue weighted by molar-refractivity contribution is 6.27. The van der Waals surface area contributed by atoms with Crippen LogP contribution in [0.15, 0.2) is 18.2 Å². The quantitative estimate of drug-likeness (QED) is 0.786. The Balaban J connectivity index is 2.82. The van der Waals surface area contributed by atoms with E-state index < -0.39 is 5.97 Å². The molecule has 0 spiro atoms. The van der Waals surface area contributed by atoms with Crippen LogP contribution in [0.1, 0.15) is 21.5 Å². The largest absolute Gasteiger partial charge is 0.478 e. The molecule has 0 aromatic heterocycles. The number of halogens is 1. The number of aryl methyl sites for hydroxylation is 1. The third-order valence-corrected chi connectivity index (χ3v) is 2.44. The van der Waals surface area contributed by atoms with Crippen LogP contribution in [0, 0.1) is 6.92 Å². The summed E-state index contributed by atoms with van der Waals surface area (Å²) in [6, 6.07) is 4.79. The standard InChI is InChI=1S/C11H12ClNO3/c1-7-2-3-8(11(15)16)4-9(7)6-13-10(14)5-12/h2-4H,5-6H2,1H3,(H,13,14)(H,15,16). The molecule has 0 saturated carbocycles. The predicted octanol–water partition coefficient (Wildman–Crippen LogP) is 1.55. The lowest BCUT2D eigenvalue weighted by Gasteiger charge is -2.07. The fourth-order valence-electron chi connectivity index (χ4n) is 1.24. The average molecular weight is 242 g/mol. The molecular formula is C11H12ClNO3. The van der Waals surface area contributed by atoms with Gasteiger partial charge in [-0.15, -0.1) is 11.6 Å². The Labute approximate surface area is 98.2 Å². The van der Waals surface area contributed by atoms with Crippen molar-refractivity contribution in [2.45, 2.75) is 13.5 Å². The second-order valence-electron chi connectivity index (χ2n) is 3.36. The normalized spacial score (nSPS) is 9.88. The first-order chi connectivity index (χ1) is 7.54. The van der Waals surface area contributed by atoms with Crippen molar-refractivity contribution in [2.24, 2.45) is 0 Å². The van der Waals surface area contributed by atoms with Crippen LogP contribution >= 0.6 is 11.6 Å². The second-order valence-corrected chi connectivity index (χ2v) is 3.62. The number of hydrogen-bond acceptors (Lipinski definition) is 2. The van der Waals surface area contributed by atoms with Crippen LogP contribution in [0.5, 0.6) is 0 Å². The third-order valence-electron chi connectivity index (χ3n) is 2.19. The van der Waals surface area contributed by atoms with Crippen LogP contribution in [0.25, 0.3) is 0 Å². The van der Waals surface area contributed by atoms with Crippen LogP contribution in [-0.2, 0) is 11.3 Å². The van der Waals surface area contributed by atoms with Crippen LogP contribution in [0.3, 0.4) is 0 Å². The number of carboxylic acids is 1. The Morgan fingerprint density at radius 1 is 1.44 bits per heavy atom. The molecule has 86 valence electrons. The van der Waals surface area contributed by atoms with Crippen LogP contribution in [0.2, 0.25) is 0 Å². The summed E-state index contributed by atoms with van der Waals surface area (Å²) in [6.07, 6.45) is 0. The number of nitrogens with one attached hydrogen (secondary N) is 1. The van der Waals surface area contributed by atoms with Crippen molar-refractivity contribution in [1.82, 2.24) is 5.32 Å². The molecule has 16 heavy (non-hydrogen) atoms. The van der Waals surface area contributed by atoms with Gasteiger partial charge in [0.05, 0.1) is 5.56 Å². The van der Waals surface area contributed by atoms with E-state index in [0.717, 1.165) is 11.1 Å². The second kappa shape index (κ2) is 5.51. The minimum absolute atomic E-state index is 0.0995. The smallest absolute Gasteiger partial charge is 0.335 e. The lowest BCUT2D eigenvalue weighted by molar-refractivity contribution is -0.118. The topological polar surface area (TPSA) is 66.4 Å². The maximum atomic E-state index is 11.0. The predicted molar refractivity (Wildman–Crippen MR) is 60.7 cm³/mol. The number of aromatic carboxylic acids is 1. The number of benzene rings is 1. The van der Waals surface area contributed by atoms with Crippen LogP contribution < -0.4 is 5.32 Å². The first-order valence-corrected chi connectivity index (χ1v) is 5.23. The lowest BCUT2D eigenvalue weighted by atomic mass is 10.1. The Hall–Kier alpha value is -1.55. The number of rotatable bonds is 4. The molecule has 4 nitrogen and oxygen atoms in total. The van der Waals surface area contributed by atoms with E-state index in [1.807, 2.05) is 6.92 Å². The van der Waals surface area contributed by atoms with Gasteiger partial charge in [0.1, 0.15) is 5.88 Å². The number of carbonyl (C=O) groups excluding carboxylic acids is 1. The van der Waals surface area contributed by atoms with Gasteiger partial charge in [0.2, 0.25) is 5.91 Å². The summed E-state index contributed by atoms with van der Waals surface area (Å²) >= 11 is 5.33. The van der Waals surface area contributed by atoms with Crippen molar-refractivity contribution >= 4 is 23.5 Å². The van der Waals surface area contributed by atoms with Gasteiger partial charge in [-0.05, 0) is 30.2 Å². The minimum Gasteiger partial charge on any atom is -0.478 e. The number of carboxylic acid groups (broad SMARTS) is 1. The fourth-order valence-corrected chi connectivity index (χ4v) is 1.33. The van der Waals surface area contributed by atoms with E-state index in [1.165, 1.54) is 6.07 Å². The highest BCUT2D eigenvalue weighted by Gasteiger charge is 2.07. The van der Waals surface area contributed by atoms with E-state index in [0.29, 0.717) is 6.54 Å². The maximum Gasteiger partial charge on any atom is 0.335 e. The molecule has 0 aliphatic carbocycles. The molecule has 5 heteroatoms. The first kappa shape index (κ1) is 12.5. The van der Waals surface area contributed by atoms with Gasteiger partial charge in [0.25, 0.3) is 0 Å². The molecule has 0 saturated heterocycles. The van der Waals surface area contributed by atoms with E-state index in [2.05, 4.69) is 5.32 Å². The molecule has 0 fully saturated rings. The van der Waals surface area contributed by atoms with Crippen LogP contribution in [0.4, 0.5) is 0 Å². The molecule has 0 heterocycles. The molecule has 0 unspecified atom stereocenters. The van der Waals surface area contributed by atoms with Gasteiger partial charge in [-0.2, -0.15) is 0 Å². The molecule has 1 rings (SSSR count). The Morgan fingerprint density at radius 3 is 2.69 bits per heavy atom. The molecule has 1 amide bonds. The highest BCUT2D eigenvalue weighted by atomic mass is 35.5. The minimum atomic E-state index is -0.982. The zero-order valence-electron chi connectivity index (χ0n) is 8.79. The number of alkyl halides is 1. The average Bonchev–Trinajstić information content (AvgIpc) is 2.27. The third kappa shape index (κ3) is 3.24. The monoisotopic (exact) mass is 241 g/mol. The summed E-state index contributed by atoms with van der Waals surface area (Å²) < 4.78 is 0. The lowest BCUT2D eigenvalue weighted by Crippen LogP contribution is -2.24. The van der Waals surface area contributed by atoms with Crippen molar-refractivity contribution in [3.8, 4) is 0 Å². The summed E-state index contributed by atoms with van der Waals surface area (Å²) in [5.41, 5.74) is 1.92. The Morgan fingerprint density at radius 2 is 2.12 bits per heavy atom. The molecule has 1 aromatic carbocycles. The van der Waals surface area contributed by atoms with Gasteiger partial charge in [-0.1, -0.05) is 6.07 Å². The van der Waals surface area contributed by atoms with Crippen molar-refractivity contribution in [3.63, 3.8) is 0 Å². The van der Waals surface area contributed by atoms with Gasteiger partial charge in [0.15, 0.2) is 0 Å².